The molecule has 0 aromatic heterocycles. The van der Waals surface area contributed by atoms with Gasteiger partial charge in [-0.05, 0) is 6.42 Å². The number of carbonyl (C=O) groups is 1. The number of halogens is 6. The van der Waals surface area contributed by atoms with Gasteiger partial charge in [0.2, 0.25) is 0 Å². The van der Waals surface area contributed by atoms with Crippen molar-refractivity contribution in [2.24, 2.45) is 0 Å². The van der Waals surface area contributed by atoms with Crippen LogP contribution in [0, 0.1) is 25.9 Å². The summed E-state index contributed by atoms with van der Waals surface area (Å²) in [6, 6.07) is 0. The molecule has 0 N–H and O–H groups in total. The maximum absolute atomic E-state index is 10.8. The molecule has 0 aliphatic heterocycles. The minimum Gasteiger partial charge on any atom is 0 e. The van der Waals surface area contributed by atoms with Gasteiger partial charge in [-0.25, -0.2) is 0 Å². The number of rotatable bonds is 1. The molecule has 0 saturated carbocycles. The number of allylic oxidation sites excluding steroid dienone is 3. The summed E-state index contributed by atoms with van der Waals surface area (Å²) in [5.41, 5.74) is 0. The minimum atomic E-state index is -10.7. The Bertz CT molecular complexity index is 440. The maximum atomic E-state index is 10.8. The Hall–Kier alpha value is -1.30. The second kappa shape index (κ2) is 14.1. The van der Waals surface area contributed by atoms with Gasteiger partial charge in [0.15, 0.2) is 0 Å². The first-order valence-electron chi connectivity index (χ1n) is 4.74. The topological polar surface area (TPSA) is 86.0 Å². The zero-order valence-electron chi connectivity index (χ0n) is 11.6. The molecule has 1 aliphatic rings. The van der Waals surface area contributed by atoms with Crippen LogP contribution in [-0.4, -0.2) is 13.1 Å². The summed E-state index contributed by atoms with van der Waals surface area (Å²) < 4.78 is 86.2. The van der Waals surface area contributed by atoms with Crippen LogP contribution in [0.2, 0.25) is 0 Å². The van der Waals surface area contributed by atoms with Gasteiger partial charge in [0.05, 0.1) is 7.11 Å². The van der Waals surface area contributed by atoms with Gasteiger partial charge in [-0.1, -0.05) is 24.3 Å². The summed E-state index contributed by atoms with van der Waals surface area (Å²) in [5, 5.41) is 0. The number of ether oxygens (including phenoxy) is 1. The molecule has 0 aromatic rings. The maximum Gasteiger partial charge on any atom is 0 e. The third-order valence-corrected chi connectivity index (χ3v) is 1.33. The molecule has 1 aliphatic carbocycles. The van der Waals surface area contributed by atoms with Crippen LogP contribution < -0.4 is 0 Å². The van der Waals surface area contributed by atoms with E-state index in [0.717, 1.165) is 0 Å². The Morgan fingerprint density at radius 3 is 1.54 bits per heavy atom. The molecule has 0 atom stereocenters. The van der Waals surface area contributed by atoms with Crippen molar-refractivity contribution in [3.63, 3.8) is 0 Å². The summed E-state index contributed by atoms with van der Waals surface area (Å²) in [4.78, 5) is 10.8. The Morgan fingerprint density at radius 1 is 1.00 bits per heavy atom. The van der Waals surface area contributed by atoms with Crippen molar-refractivity contribution in [3.05, 3.63) is 50.2 Å². The van der Waals surface area contributed by atoms with Crippen LogP contribution in [0.1, 0.15) is 6.42 Å². The smallest absolute Gasteiger partial charge is 0 e. The zero-order chi connectivity index (χ0) is 19.8. The Kier molecular flexibility index (Phi) is 20.0. The average molecular weight is 422 g/mol. The van der Waals surface area contributed by atoms with E-state index in [1.54, 1.807) is 6.08 Å². The molecule has 0 heterocycles. The molecule has 0 unspecified atom stereocenters. The van der Waals surface area contributed by atoms with E-state index in [4.69, 9.17) is 14.0 Å². The van der Waals surface area contributed by atoms with E-state index in [0.29, 0.717) is 12.3 Å². The van der Waals surface area contributed by atoms with E-state index in [1.807, 2.05) is 18.2 Å². The Morgan fingerprint density at radius 2 is 1.33 bits per heavy atom. The summed E-state index contributed by atoms with van der Waals surface area (Å²) in [5.74, 6) is 0.477. The first-order chi connectivity index (χ1) is 10.3. The van der Waals surface area contributed by atoms with Gasteiger partial charge in [0.1, 0.15) is 5.92 Å². The second-order valence-corrected chi connectivity index (χ2v) is 4.88. The van der Waals surface area contributed by atoms with Crippen molar-refractivity contribution >= 4 is 13.8 Å². The monoisotopic (exact) mass is 422 g/mol. The minimum absolute atomic E-state index is 0. The van der Waals surface area contributed by atoms with E-state index < -0.39 is 7.81 Å². The molecule has 24 heavy (non-hydrogen) atoms. The van der Waals surface area contributed by atoms with Gasteiger partial charge >= 0.3 is 72.9 Å². The molecule has 5 nitrogen and oxygen atoms in total. The molecule has 0 spiro atoms. The predicted octanol–water partition coefficient (Wildman–Crippen LogP) is 4.52. The molecule has 1 radical (unpaired) electrons. The van der Waals surface area contributed by atoms with Gasteiger partial charge in [0.25, 0.3) is 0 Å². The molecule has 13 heteroatoms. The van der Waals surface area contributed by atoms with Crippen LogP contribution in [0.25, 0.3) is 0 Å². The van der Waals surface area contributed by atoms with Crippen molar-refractivity contribution in [1.82, 2.24) is 0 Å². The average Bonchev–Trinajstić information content (AvgIpc) is 2.50. The van der Waals surface area contributed by atoms with Gasteiger partial charge in [-0.2, -0.15) is 0 Å². The molecular formula is C11H9F6FeO5P-. The molecule has 0 bridgehead atoms. The third-order valence-electron chi connectivity index (χ3n) is 1.33. The standard InChI is InChI=1S/C8H9O2.3CO.F6P.Fe/c1-10-8(9)7-5-3-2-4-6-7;3*1-2;1-7(2,3,4,5)6;/h2-5H,6H2,1H3;;;;;/q;;;;-1;. The van der Waals surface area contributed by atoms with Crippen molar-refractivity contribution in [2.45, 2.75) is 6.42 Å². The fourth-order valence-corrected chi connectivity index (χ4v) is 0.796. The molecule has 0 aromatic carbocycles. The largest absolute Gasteiger partial charge is 0 e. The molecule has 0 saturated heterocycles. The van der Waals surface area contributed by atoms with Gasteiger partial charge in [0, 0.05) is 17.1 Å². The van der Waals surface area contributed by atoms with Gasteiger partial charge in [-0.3, -0.25) is 4.79 Å². The Labute approximate surface area is 144 Å². The first kappa shape index (κ1) is 34.1. The zero-order valence-corrected chi connectivity index (χ0v) is 13.6. The fraction of sp³-hybridized carbons (Fsp3) is 0.182. The van der Waals surface area contributed by atoms with E-state index in [-0.39, 0.29) is 23.0 Å². The van der Waals surface area contributed by atoms with Crippen LogP contribution in [0.4, 0.5) is 25.2 Å². The number of esters is 1. The van der Waals surface area contributed by atoms with E-state index in [2.05, 4.69) is 24.7 Å². The van der Waals surface area contributed by atoms with Crippen molar-refractivity contribution in [3.8, 4) is 0 Å². The van der Waals surface area contributed by atoms with E-state index in [1.165, 1.54) is 7.11 Å². The van der Waals surface area contributed by atoms with Gasteiger partial charge < -0.3 is 4.74 Å². The van der Waals surface area contributed by atoms with Gasteiger partial charge in [-0.15, -0.1) is 0 Å². The fourth-order valence-electron chi connectivity index (χ4n) is 0.796. The van der Waals surface area contributed by atoms with Crippen molar-refractivity contribution < 1.29 is 65.7 Å². The summed E-state index contributed by atoms with van der Waals surface area (Å²) in [6.07, 6.45) is 8.11. The van der Waals surface area contributed by atoms with Crippen molar-refractivity contribution in [1.29, 1.82) is 0 Å². The number of hydrogen-bond acceptors (Lipinski definition) is 2. The quantitative estimate of drug-likeness (QED) is 0.156. The predicted molar refractivity (Wildman–Crippen MR) is 63.5 cm³/mol. The third kappa shape index (κ3) is 49.8. The summed E-state index contributed by atoms with van der Waals surface area (Å²) >= 11 is 0. The molecule has 0 fully saturated rings. The van der Waals surface area contributed by atoms with E-state index >= 15 is 0 Å². The summed E-state index contributed by atoms with van der Waals surface area (Å²) in [6.45, 7) is 13.5. The van der Waals surface area contributed by atoms with Crippen LogP contribution in [0.5, 0.6) is 0 Å². The van der Waals surface area contributed by atoms with E-state index in [9.17, 15) is 30.0 Å². The SMILES string of the molecule is COC(=O)[C]1C=CC=CC1.F[P-](F)(F)(F)(F)F.[C-]#[O+].[C-]#[O+].[C-]#[O+].[Fe]. The van der Waals surface area contributed by atoms with Crippen LogP contribution in [-0.2, 0) is 40.6 Å². The number of carbonyl (C=O) groups excluding carboxylic acids is 1. The molecule has 139 valence electrons. The van der Waals surface area contributed by atoms with Crippen LogP contribution in [0.3, 0.4) is 0 Å². The second-order valence-electron chi connectivity index (χ2n) is 2.97. The number of hydrogen-bond donors (Lipinski definition) is 0. The molecule has 0 amide bonds. The Balaban J connectivity index is -0.0000000762. The first-order valence-corrected chi connectivity index (χ1v) is 6.77. The molecule has 1 rings (SSSR count). The summed E-state index contributed by atoms with van der Waals surface area (Å²) in [7, 11) is -9.27. The van der Waals surface area contributed by atoms with Crippen LogP contribution >= 0.6 is 7.81 Å². The van der Waals surface area contributed by atoms with Crippen LogP contribution in [0.15, 0.2) is 24.3 Å². The molecular weight excluding hydrogens is 413 g/mol. The number of methoxy groups -OCH3 is 1. The van der Waals surface area contributed by atoms with Crippen molar-refractivity contribution in [2.75, 3.05) is 7.11 Å². The normalized spacial score (nSPS) is 14.2.